The first-order chi connectivity index (χ1) is 16.7. The molecule has 0 aromatic heterocycles. The predicted octanol–water partition coefficient (Wildman–Crippen LogP) is 6.45. The van der Waals surface area contributed by atoms with Crippen molar-refractivity contribution in [3.05, 3.63) is 59.7 Å². The minimum Gasteiger partial charge on any atom is -0.307 e. The molecule has 4 aliphatic rings. The van der Waals surface area contributed by atoms with E-state index in [-0.39, 0.29) is 11.8 Å². The molecule has 34 heavy (non-hydrogen) atoms. The van der Waals surface area contributed by atoms with E-state index in [1.807, 2.05) is 46.2 Å². The van der Waals surface area contributed by atoms with Crippen molar-refractivity contribution in [2.45, 2.75) is 64.2 Å². The third kappa shape index (κ3) is 3.68. The number of rotatable bonds is 4. The Hall–Kier alpha value is -2.88. The molecule has 0 saturated heterocycles. The van der Waals surface area contributed by atoms with Crippen LogP contribution in [0.2, 0.25) is 0 Å². The highest BCUT2D eigenvalue weighted by atomic mass is 16.2. The van der Waals surface area contributed by atoms with Gasteiger partial charge >= 0.3 is 0 Å². The summed E-state index contributed by atoms with van der Waals surface area (Å²) < 4.78 is 0. The standard InChI is InChI=1S/C30H34N2O2/c33-29-27(23-15-7-9-17-25(23)31(29)19-21-11-3-1-4-12-21)28-24-16-8-10-18-26(24)32(30(28)34)20-22-13-5-2-6-14-22/h7-10,15-18,21-22H,1-6,11-14,19-20H2/b28-27+. The van der Waals surface area contributed by atoms with E-state index in [1.54, 1.807) is 0 Å². The average Bonchev–Trinajstić information content (AvgIpc) is 3.31. The number of anilines is 2. The van der Waals surface area contributed by atoms with Crippen LogP contribution in [0, 0.1) is 11.8 Å². The van der Waals surface area contributed by atoms with Gasteiger partial charge in [-0.2, -0.15) is 0 Å². The van der Waals surface area contributed by atoms with Crippen molar-refractivity contribution < 1.29 is 9.59 Å². The molecule has 0 unspecified atom stereocenters. The van der Waals surface area contributed by atoms with Crippen molar-refractivity contribution in [2.75, 3.05) is 22.9 Å². The molecular formula is C30H34N2O2. The van der Waals surface area contributed by atoms with Gasteiger partial charge in [0.2, 0.25) is 0 Å². The van der Waals surface area contributed by atoms with Crippen LogP contribution in [0.15, 0.2) is 48.5 Å². The molecule has 0 spiro atoms. The third-order valence-corrected chi connectivity index (χ3v) is 8.43. The molecule has 0 radical (unpaired) electrons. The van der Waals surface area contributed by atoms with Crippen LogP contribution in [0.5, 0.6) is 0 Å². The number of hydrogen-bond acceptors (Lipinski definition) is 2. The first-order valence-electron chi connectivity index (χ1n) is 13.3. The van der Waals surface area contributed by atoms with Crippen molar-refractivity contribution in [1.82, 2.24) is 0 Å². The maximum Gasteiger partial charge on any atom is 0.259 e. The van der Waals surface area contributed by atoms with Crippen LogP contribution in [0.4, 0.5) is 11.4 Å². The summed E-state index contributed by atoms with van der Waals surface area (Å²) in [6, 6.07) is 16.1. The molecule has 176 valence electrons. The molecule has 2 heterocycles. The highest BCUT2D eigenvalue weighted by Crippen LogP contribution is 2.47. The van der Waals surface area contributed by atoms with Gasteiger partial charge in [0.25, 0.3) is 11.8 Å². The van der Waals surface area contributed by atoms with E-state index in [2.05, 4.69) is 12.1 Å². The van der Waals surface area contributed by atoms with Crippen LogP contribution in [0.25, 0.3) is 11.1 Å². The van der Waals surface area contributed by atoms with Crippen molar-refractivity contribution in [3.8, 4) is 0 Å². The van der Waals surface area contributed by atoms with E-state index < -0.39 is 0 Å². The average molecular weight is 455 g/mol. The molecule has 2 saturated carbocycles. The van der Waals surface area contributed by atoms with E-state index in [1.165, 1.54) is 64.2 Å². The second kappa shape index (κ2) is 9.05. The highest BCUT2D eigenvalue weighted by Gasteiger charge is 2.42. The van der Waals surface area contributed by atoms with Crippen LogP contribution in [0.1, 0.15) is 75.3 Å². The zero-order valence-corrected chi connectivity index (χ0v) is 20.0. The van der Waals surface area contributed by atoms with Gasteiger partial charge in [-0.1, -0.05) is 74.9 Å². The summed E-state index contributed by atoms with van der Waals surface area (Å²) in [4.78, 5) is 31.9. The minimum absolute atomic E-state index is 0.00411. The van der Waals surface area contributed by atoms with Crippen molar-refractivity contribution >= 4 is 34.3 Å². The molecule has 2 amide bonds. The maximum absolute atomic E-state index is 14.0. The number of benzene rings is 2. The number of carbonyl (C=O) groups is 2. The van der Waals surface area contributed by atoms with E-state index in [0.717, 1.165) is 35.6 Å². The monoisotopic (exact) mass is 454 g/mol. The van der Waals surface area contributed by atoms with E-state index in [9.17, 15) is 9.59 Å². The number of nitrogens with zero attached hydrogens (tertiary/aromatic N) is 2. The SMILES string of the molecule is O=C1/C(=C2/C(=O)N(CC3CCCCC3)c3ccccc32)c2ccccc2N1CC1CCCCC1. The smallest absolute Gasteiger partial charge is 0.259 e. The number of hydrogen-bond donors (Lipinski definition) is 0. The van der Waals surface area contributed by atoms with Crippen molar-refractivity contribution in [2.24, 2.45) is 11.8 Å². The zero-order valence-electron chi connectivity index (χ0n) is 20.0. The third-order valence-electron chi connectivity index (χ3n) is 8.43. The molecule has 2 aliphatic heterocycles. The van der Waals surface area contributed by atoms with E-state index in [0.29, 0.717) is 23.0 Å². The first kappa shape index (κ1) is 21.6. The lowest BCUT2D eigenvalue weighted by Crippen LogP contribution is -2.34. The van der Waals surface area contributed by atoms with Gasteiger partial charge in [-0.3, -0.25) is 9.59 Å². The van der Waals surface area contributed by atoms with E-state index in [4.69, 9.17) is 0 Å². The lowest BCUT2D eigenvalue weighted by molar-refractivity contribution is -0.114. The number of para-hydroxylation sites is 2. The molecule has 6 rings (SSSR count). The lowest BCUT2D eigenvalue weighted by Gasteiger charge is -2.27. The molecular weight excluding hydrogens is 420 g/mol. The normalized spacial score (nSPS) is 23.5. The first-order valence-corrected chi connectivity index (χ1v) is 13.3. The van der Waals surface area contributed by atoms with Crippen LogP contribution >= 0.6 is 0 Å². The Morgan fingerprint density at radius 3 is 1.35 bits per heavy atom. The van der Waals surface area contributed by atoms with Gasteiger partial charge in [-0.25, -0.2) is 0 Å². The largest absolute Gasteiger partial charge is 0.307 e. The Morgan fingerprint density at radius 2 is 0.941 bits per heavy atom. The fourth-order valence-electron chi connectivity index (χ4n) is 6.66. The van der Waals surface area contributed by atoms with Gasteiger partial charge < -0.3 is 9.80 Å². The molecule has 4 heteroatoms. The number of carbonyl (C=O) groups excluding carboxylic acids is 2. The van der Waals surface area contributed by atoms with Crippen LogP contribution in [0.3, 0.4) is 0 Å². The number of amides is 2. The maximum atomic E-state index is 14.0. The van der Waals surface area contributed by atoms with Crippen LogP contribution in [-0.2, 0) is 9.59 Å². The Kier molecular flexibility index (Phi) is 5.76. The predicted molar refractivity (Wildman–Crippen MR) is 138 cm³/mol. The second-order valence-electron chi connectivity index (χ2n) is 10.6. The molecule has 0 atom stereocenters. The fourth-order valence-corrected chi connectivity index (χ4v) is 6.66. The van der Waals surface area contributed by atoms with Gasteiger partial charge in [-0.15, -0.1) is 0 Å². The Labute approximate surface area is 202 Å². The summed E-state index contributed by atoms with van der Waals surface area (Å²) >= 11 is 0. The Morgan fingerprint density at radius 1 is 0.559 bits per heavy atom. The highest BCUT2D eigenvalue weighted by molar-refractivity contribution is 6.49. The summed E-state index contributed by atoms with van der Waals surface area (Å²) in [7, 11) is 0. The lowest BCUT2D eigenvalue weighted by atomic mass is 9.89. The van der Waals surface area contributed by atoms with Crippen LogP contribution < -0.4 is 9.80 Å². The Balaban J connectivity index is 1.41. The van der Waals surface area contributed by atoms with Gasteiger partial charge in [0.15, 0.2) is 0 Å². The van der Waals surface area contributed by atoms with Crippen molar-refractivity contribution in [3.63, 3.8) is 0 Å². The summed E-state index contributed by atoms with van der Waals surface area (Å²) in [6.45, 7) is 1.52. The Bertz CT molecular complexity index is 1050. The molecule has 2 fully saturated rings. The van der Waals surface area contributed by atoms with Gasteiger partial charge in [-0.05, 0) is 49.7 Å². The number of fused-ring (bicyclic) bond motifs is 2. The van der Waals surface area contributed by atoms with Gasteiger partial charge in [0.1, 0.15) is 0 Å². The second-order valence-corrected chi connectivity index (χ2v) is 10.6. The van der Waals surface area contributed by atoms with Gasteiger partial charge in [0, 0.05) is 24.2 Å². The molecule has 2 aromatic carbocycles. The topological polar surface area (TPSA) is 40.6 Å². The van der Waals surface area contributed by atoms with E-state index >= 15 is 0 Å². The molecule has 4 nitrogen and oxygen atoms in total. The summed E-state index contributed by atoms with van der Waals surface area (Å²) in [5, 5.41) is 0. The quantitative estimate of drug-likeness (QED) is 0.498. The summed E-state index contributed by atoms with van der Waals surface area (Å²) in [5.41, 5.74) is 4.99. The zero-order chi connectivity index (χ0) is 23.1. The van der Waals surface area contributed by atoms with Crippen molar-refractivity contribution in [1.29, 1.82) is 0 Å². The minimum atomic E-state index is 0.00411. The molecule has 2 aromatic rings. The molecule has 0 N–H and O–H groups in total. The van der Waals surface area contributed by atoms with Gasteiger partial charge in [0.05, 0.1) is 22.5 Å². The fraction of sp³-hybridized carbons (Fsp3) is 0.467. The van der Waals surface area contributed by atoms with Crippen LogP contribution in [-0.4, -0.2) is 24.9 Å². The molecule has 0 bridgehead atoms. The summed E-state index contributed by atoms with van der Waals surface area (Å²) in [6.07, 6.45) is 12.4. The summed E-state index contributed by atoms with van der Waals surface area (Å²) in [5.74, 6) is 1.10. The molecule has 2 aliphatic carbocycles.